The van der Waals surface area contributed by atoms with E-state index in [9.17, 15) is 9.59 Å². The lowest BCUT2D eigenvalue weighted by atomic mass is 10.3. The second-order valence-electron chi connectivity index (χ2n) is 4.74. The van der Waals surface area contributed by atoms with Gasteiger partial charge in [-0.3, -0.25) is 9.59 Å². The predicted molar refractivity (Wildman–Crippen MR) is 84.0 cm³/mol. The maximum absolute atomic E-state index is 11.6. The lowest BCUT2D eigenvalue weighted by Gasteiger charge is -2.08. The van der Waals surface area contributed by atoms with Crippen molar-refractivity contribution >= 4 is 23.0 Å². The molecule has 2 aromatic rings. The largest absolute Gasteiger partial charge is 0.481 e. The van der Waals surface area contributed by atoms with Crippen LogP contribution < -0.4 is 10.9 Å². The van der Waals surface area contributed by atoms with Crippen molar-refractivity contribution in [3.05, 3.63) is 50.6 Å². The van der Waals surface area contributed by atoms with Gasteiger partial charge in [0.15, 0.2) is 0 Å². The van der Waals surface area contributed by atoms with Crippen molar-refractivity contribution in [3.63, 3.8) is 0 Å². The van der Waals surface area contributed by atoms with E-state index >= 15 is 0 Å². The molecule has 0 aliphatic carbocycles. The van der Waals surface area contributed by atoms with Crippen LogP contribution in [0.5, 0.6) is 0 Å². The van der Waals surface area contributed by atoms with Crippen LogP contribution in [0.1, 0.15) is 23.1 Å². The minimum absolute atomic E-state index is 0.00210. The van der Waals surface area contributed by atoms with Crippen LogP contribution in [0.3, 0.4) is 0 Å². The third-order valence-corrected chi connectivity index (χ3v) is 4.04. The van der Waals surface area contributed by atoms with Gasteiger partial charge < -0.3 is 15.0 Å². The lowest BCUT2D eigenvalue weighted by molar-refractivity contribution is -0.136. The quantitative estimate of drug-likeness (QED) is 0.824. The first-order valence-electron chi connectivity index (χ1n) is 6.82. The predicted octanol–water partition coefficient (Wildman–Crippen LogP) is 2.56. The number of carbonyl (C=O) groups is 1. The number of aromatic nitrogens is 1. The van der Waals surface area contributed by atoms with Crippen LogP contribution in [-0.4, -0.2) is 15.6 Å². The van der Waals surface area contributed by atoms with Crippen LogP contribution in [0, 0.1) is 0 Å². The molecule has 0 radical (unpaired) electrons. The monoisotopic (exact) mass is 306 g/mol. The normalized spacial score (nSPS) is 10.5. The first kappa shape index (κ1) is 15.3. The summed E-state index contributed by atoms with van der Waals surface area (Å²) in [6.45, 7) is 3.35. The van der Waals surface area contributed by atoms with Crippen molar-refractivity contribution in [2.45, 2.75) is 32.9 Å². The second kappa shape index (κ2) is 7.08. The Balaban J connectivity index is 1.99. The summed E-state index contributed by atoms with van der Waals surface area (Å²) in [6, 6.07) is 7.09. The molecule has 112 valence electrons. The Morgan fingerprint density at radius 1 is 1.29 bits per heavy atom. The van der Waals surface area contributed by atoms with E-state index in [-0.39, 0.29) is 12.0 Å². The zero-order valence-electron chi connectivity index (χ0n) is 11.8. The molecule has 0 aliphatic heterocycles. The summed E-state index contributed by atoms with van der Waals surface area (Å²) >= 11 is 1.49. The number of thiophene rings is 1. The summed E-state index contributed by atoms with van der Waals surface area (Å²) < 4.78 is 1.69. The molecule has 2 aromatic heterocycles. The molecule has 0 saturated carbocycles. The Labute approximate surface area is 126 Å². The van der Waals surface area contributed by atoms with Gasteiger partial charge in [0.05, 0.1) is 12.1 Å². The topological polar surface area (TPSA) is 71.3 Å². The van der Waals surface area contributed by atoms with E-state index < -0.39 is 5.97 Å². The Morgan fingerprint density at radius 2 is 2.05 bits per heavy atom. The number of aryl methyl sites for hydroxylation is 1. The number of nitrogens with zero attached hydrogens (tertiary/aromatic N) is 1. The molecule has 0 saturated heterocycles. The molecule has 6 heteroatoms. The SMILES string of the molecule is CCCn1cc(NCc2ccc(CC(=O)O)s2)ccc1=O. The molecule has 21 heavy (non-hydrogen) atoms. The van der Waals surface area contributed by atoms with Crippen LogP contribution in [0.4, 0.5) is 5.69 Å². The van der Waals surface area contributed by atoms with Crippen molar-refractivity contribution in [3.8, 4) is 0 Å². The molecule has 0 fully saturated rings. The zero-order chi connectivity index (χ0) is 15.2. The van der Waals surface area contributed by atoms with Gasteiger partial charge in [0, 0.05) is 35.1 Å². The average Bonchev–Trinajstić information content (AvgIpc) is 2.86. The molecule has 0 unspecified atom stereocenters. The Morgan fingerprint density at radius 3 is 2.76 bits per heavy atom. The van der Waals surface area contributed by atoms with Crippen molar-refractivity contribution in [1.82, 2.24) is 4.57 Å². The Kier molecular flexibility index (Phi) is 5.16. The molecule has 0 aliphatic rings. The van der Waals surface area contributed by atoms with E-state index in [0.29, 0.717) is 13.1 Å². The average molecular weight is 306 g/mol. The van der Waals surface area contributed by atoms with Gasteiger partial charge in [-0.2, -0.15) is 0 Å². The van der Waals surface area contributed by atoms with E-state index in [1.807, 2.05) is 25.3 Å². The van der Waals surface area contributed by atoms with Crippen molar-refractivity contribution in [1.29, 1.82) is 0 Å². The molecule has 0 amide bonds. The number of carboxylic acid groups (broad SMARTS) is 1. The third kappa shape index (κ3) is 4.46. The van der Waals surface area contributed by atoms with Crippen LogP contribution >= 0.6 is 11.3 Å². The fraction of sp³-hybridized carbons (Fsp3) is 0.333. The minimum atomic E-state index is -0.817. The van der Waals surface area contributed by atoms with E-state index in [2.05, 4.69) is 5.32 Å². The van der Waals surface area contributed by atoms with E-state index in [1.54, 1.807) is 16.7 Å². The van der Waals surface area contributed by atoms with Crippen molar-refractivity contribution in [2.24, 2.45) is 0 Å². The molecule has 2 rings (SSSR count). The summed E-state index contributed by atoms with van der Waals surface area (Å²) in [5.74, 6) is -0.817. The van der Waals surface area contributed by atoms with Gasteiger partial charge in [-0.25, -0.2) is 0 Å². The highest BCUT2D eigenvalue weighted by Gasteiger charge is 2.05. The number of pyridine rings is 1. The fourth-order valence-corrected chi connectivity index (χ4v) is 2.95. The number of anilines is 1. The van der Waals surface area contributed by atoms with Crippen LogP contribution in [-0.2, 0) is 24.3 Å². The number of hydrogen-bond donors (Lipinski definition) is 2. The number of nitrogens with one attached hydrogen (secondary N) is 1. The molecule has 2 heterocycles. The van der Waals surface area contributed by atoms with Crippen molar-refractivity contribution in [2.75, 3.05) is 5.32 Å². The van der Waals surface area contributed by atoms with Gasteiger partial charge in [-0.05, 0) is 24.6 Å². The summed E-state index contributed by atoms with van der Waals surface area (Å²) in [5, 5.41) is 12.0. The van der Waals surface area contributed by atoms with Gasteiger partial charge in [0.25, 0.3) is 5.56 Å². The maximum atomic E-state index is 11.6. The van der Waals surface area contributed by atoms with Crippen LogP contribution in [0.25, 0.3) is 0 Å². The molecule has 5 nitrogen and oxygen atoms in total. The number of hydrogen-bond acceptors (Lipinski definition) is 4. The van der Waals surface area contributed by atoms with Gasteiger partial charge in [0.2, 0.25) is 0 Å². The highest BCUT2D eigenvalue weighted by atomic mass is 32.1. The fourth-order valence-electron chi connectivity index (χ4n) is 2.00. The molecular formula is C15H18N2O3S. The van der Waals surface area contributed by atoms with Gasteiger partial charge in [0.1, 0.15) is 0 Å². The maximum Gasteiger partial charge on any atom is 0.308 e. The highest BCUT2D eigenvalue weighted by Crippen LogP contribution is 2.18. The van der Waals surface area contributed by atoms with E-state index in [0.717, 1.165) is 21.9 Å². The third-order valence-electron chi connectivity index (χ3n) is 2.96. The Hall–Kier alpha value is -2.08. The summed E-state index contributed by atoms with van der Waals surface area (Å²) in [4.78, 5) is 24.2. The molecule has 0 bridgehead atoms. The summed E-state index contributed by atoms with van der Waals surface area (Å²) in [6.07, 6.45) is 2.79. The first-order chi connectivity index (χ1) is 10.1. The number of rotatable bonds is 7. The molecule has 2 N–H and O–H groups in total. The lowest BCUT2D eigenvalue weighted by Crippen LogP contribution is -2.18. The first-order valence-corrected chi connectivity index (χ1v) is 7.64. The second-order valence-corrected chi connectivity index (χ2v) is 5.99. The van der Waals surface area contributed by atoms with Gasteiger partial charge in [-0.15, -0.1) is 11.3 Å². The molecule has 0 aromatic carbocycles. The Bertz CT molecular complexity index is 676. The molecule has 0 spiro atoms. The molecule has 0 atom stereocenters. The summed E-state index contributed by atoms with van der Waals surface area (Å²) in [5.41, 5.74) is 0.888. The standard InChI is InChI=1S/C15H18N2O3S/c1-2-7-17-10-11(3-6-14(17)18)16-9-13-5-4-12(21-13)8-15(19)20/h3-6,10,16H,2,7-9H2,1H3,(H,19,20). The van der Waals surface area contributed by atoms with E-state index in [1.165, 1.54) is 11.3 Å². The number of aliphatic carboxylic acids is 1. The van der Waals surface area contributed by atoms with Gasteiger partial charge >= 0.3 is 5.97 Å². The van der Waals surface area contributed by atoms with E-state index in [4.69, 9.17) is 5.11 Å². The van der Waals surface area contributed by atoms with Crippen LogP contribution in [0.15, 0.2) is 35.3 Å². The summed E-state index contributed by atoms with van der Waals surface area (Å²) in [7, 11) is 0. The smallest absolute Gasteiger partial charge is 0.308 e. The number of carboxylic acids is 1. The molecular weight excluding hydrogens is 288 g/mol. The zero-order valence-corrected chi connectivity index (χ0v) is 12.7. The highest BCUT2D eigenvalue weighted by molar-refractivity contribution is 7.12. The van der Waals surface area contributed by atoms with Crippen LogP contribution in [0.2, 0.25) is 0 Å². The minimum Gasteiger partial charge on any atom is -0.481 e. The van der Waals surface area contributed by atoms with Gasteiger partial charge in [-0.1, -0.05) is 6.92 Å². The van der Waals surface area contributed by atoms with Crippen molar-refractivity contribution < 1.29 is 9.90 Å².